The van der Waals surface area contributed by atoms with Gasteiger partial charge < -0.3 is 24.9 Å². The number of aromatic amines is 2. The molecule has 9 heteroatoms. The molecule has 8 nitrogen and oxygen atoms in total. The van der Waals surface area contributed by atoms with Gasteiger partial charge in [0, 0.05) is 15.6 Å². The van der Waals surface area contributed by atoms with Crippen molar-refractivity contribution in [2.75, 3.05) is 13.2 Å². The molecule has 2 heterocycles. The van der Waals surface area contributed by atoms with Gasteiger partial charge in [-0.15, -0.1) is 0 Å². The number of ether oxygens (including phenoxy) is 1. The molecule has 1 atom stereocenters. The molecule has 38 heavy (non-hydrogen) atoms. The van der Waals surface area contributed by atoms with Gasteiger partial charge in [0.1, 0.15) is 29.4 Å². The molecule has 0 aliphatic carbocycles. The SMILES string of the molecule is C[C@](Cc1ccccc1)(c1ncc(-c2ccc(I)cc2)[nH]1)n1c(O)c(-c2ccc(OCCO)cc2)[nH]c1=O. The van der Waals surface area contributed by atoms with E-state index in [1.165, 1.54) is 4.57 Å². The van der Waals surface area contributed by atoms with E-state index in [1.807, 2.05) is 61.5 Å². The molecule has 194 valence electrons. The van der Waals surface area contributed by atoms with Crippen LogP contribution in [0.1, 0.15) is 18.3 Å². The number of H-pyrrole nitrogens is 2. The number of imidazole rings is 2. The zero-order valence-corrected chi connectivity index (χ0v) is 22.8. The molecule has 0 aliphatic heterocycles. The zero-order chi connectivity index (χ0) is 26.7. The standard InChI is InChI=1S/C29H27IN4O4/c1-29(17-19-5-3-2-4-6-19,27-31-18-24(32-27)20-7-11-22(30)12-8-20)34-26(36)25(33-28(34)37)21-9-13-23(14-10-21)38-16-15-35/h2-14,18,35-36H,15-17H2,1H3,(H,31,32)(H,33,37)/t29-/m0/s1. The van der Waals surface area contributed by atoms with Crippen LogP contribution in [0, 0.1) is 3.57 Å². The molecule has 0 fully saturated rings. The molecule has 0 unspecified atom stereocenters. The molecular formula is C29H27IN4O4. The number of rotatable bonds is 9. The van der Waals surface area contributed by atoms with E-state index in [9.17, 15) is 9.90 Å². The average Bonchev–Trinajstić information content (AvgIpc) is 3.54. The van der Waals surface area contributed by atoms with E-state index in [0.29, 0.717) is 29.3 Å². The first-order chi connectivity index (χ1) is 18.4. The highest BCUT2D eigenvalue weighted by molar-refractivity contribution is 14.1. The normalized spacial score (nSPS) is 12.8. The summed E-state index contributed by atoms with van der Waals surface area (Å²) in [6, 6.07) is 24.8. The lowest BCUT2D eigenvalue weighted by Gasteiger charge is -2.29. The predicted octanol–water partition coefficient (Wildman–Crippen LogP) is 4.92. The summed E-state index contributed by atoms with van der Waals surface area (Å²) in [6.45, 7) is 1.99. The van der Waals surface area contributed by atoms with E-state index in [0.717, 1.165) is 20.4 Å². The summed E-state index contributed by atoms with van der Waals surface area (Å²) in [5.74, 6) is 0.937. The molecular weight excluding hydrogens is 595 g/mol. The van der Waals surface area contributed by atoms with E-state index >= 15 is 0 Å². The Hall–Kier alpha value is -3.83. The zero-order valence-electron chi connectivity index (χ0n) is 20.7. The fourth-order valence-corrected chi connectivity index (χ4v) is 4.96. The Morgan fingerprint density at radius 2 is 1.66 bits per heavy atom. The number of nitrogens with one attached hydrogen (secondary N) is 2. The van der Waals surface area contributed by atoms with Crippen molar-refractivity contribution in [3.05, 3.63) is 111 Å². The first kappa shape index (κ1) is 25.8. The second-order valence-electron chi connectivity index (χ2n) is 9.15. The number of aliphatic hydroxyl groups excluding tert-OH is 1. The summed E-state index contributed by atoms with van der Waals surface area (Å²) in [7, 11) is 0. The predicted molar refractivity (Wildman–Crippen MR) is 154 cm³/mol. The van der Waals surface area contributed by atoms with Gasteiger partial charge in [0.25, 0.3) is 0 Å². The van der Waals surface area contributed by atoms with Crippen LogP contribution in [0.2, 0.25) is 0 Å². The molecule has 0 aliphatic rings. The van der Waals surface area contributed by atoms with Crippen molar-refractivity contribution < 1.29 is 14.9 Å². The van der Waals surface area contributed by atoms with Crippen LogP contribution in [0.4, 0.5) is 0 Å². The minimum absolute atomic E-state index is 0.0865. The second-order valence-corrected chi connectivity index (χ2v) is 10.4. The first-order valence-corrected chi connectivity index (χ1v) is 13.2. The number of nitrogens with zero attached hydrogens (tertiary/aromatic N) is 2. The monoisotopic (exact) mass is 622 g/mol. The second kappa shape index (κ2) is 10.9. The highest BCUT2D eigenvalue weighted by Gasteiger charge is 2.37. The van der Waals surface area contributed by atoms with Gasteiger partial charge in [-0.2, -0.15) is 0 Å². The molecule has 0 saturated heterocycles. The molecule has 4 N–H and O–H groups in total. The van der Waals surface area contributed by atoms with Crippen LogP contribution in [0.5, 0.6) is 11.6 Å². The molecule has 5 aromatic rings. The molecule has 0 saturated carbocycles. The van der Waals surface area contributed by atoms with Gasteiger partial charge in [0.15, 0.2) is 0 Å². The van der Waals surface area contributed by atoms with Gasteiger partial charge >= 0.3 is 5.69 Å². The summed E-state index contributed by atoms with van der Waals surface area (Å²) < 4.78 is 7.92. The van der Waals surface area contributed by atoms with Gasteiger partial charge in [0.05, 0.1) is 18.5 Å². The van der Waals surface area contributed by atoms with Crippen LogP contribution in [-0.2, 0) is 12.0 Å². The van der Waals surface area contributed by atoms with Crippen molar-refractivity contribution in [1.82, 2.24) is 19.5 Å². The maximum absolute atomic E-state index is 13.4. The number of aliphatic hydroxyl groups is 1. The van der Waals surface area contributed by atoms with Crippen molar-refractivity contribution in [2.45, 2.75) is 18.9 Å². The Morgan fingerprint density at radius 3 is 2.34 bits per heavy atom. The minimum atomic E-state index is -1.04. The smallest absolute Gasteiger partial charge is 0.329 e. The summed E-state index contributed by atoms with van der Waals surface area (Å²) in [5.41, 5.74) is 2.20. The van der Waals surface area contributed by atoms with Crippen molar-refractivity contribution in [2.24, 2.45) is 0 Å². The number of benzene rings is 3. The highest BCUT2D eigenvalue weighted by Crippen LogP contribution is 2.36. The maximum atomic E-state index is 13.4. The van der Waals surface area contributed by atoms with Crippen LogP contribution < -0.4 is 10.4 Å². The van der Waals surface area contributed by atoms with E-state index < -0.39 is 11.2 Å². The Kier molecular flexibility index (Phi) is 7.39. The van der Waals surface area contributed by atoms with Crippen LogP contribution in [0.25, 0.3) is 22.5 Å². The van der Waals surface area contributed by atoms with Gasteiger partial charge in [-0.3, -0.25) is 0 Å². The minimum Gasteiger partial charge on any atom is -0.493 e. The fraction of sp³-hybridized carbons (Fsp3) is 0.172. The molecule has 0 bridgehead atoms. The lowest BCUT2D eigenvalue weighted by Crippen LogP contribution is -2.41. The number of hydrogen-bond donors (Lipinski definition) is 4. The Balaban J connectivity index is 1.59. The summed E-state index contributed by atoms with van der Waals surface area (Å²) in [4.78, 5) is 24.3. The molecule has 5 rings (SSSR count). The van der Waals surface area contributed by atoms with Crippen molar-refractivity contribution in [3.8, 4) is 34.1 Å². The van der Waals surface area contributed by atoms with Crippen molar-refractivity contribution in [3.63, 3.8) is 0 Å². The van der Waals surface area contributed by atoms with Crippen LogP contribution in [0.3, 0.4) is 0 Å². The topological polar surface area (TPSA) is 116 Å². The number of halogens is 1. The largest absolute Gasteiger partial charge is 0.493 e. The van der Waals surface area contributed by atoms with E-state index in [2.05, 4.69) is 37.5 Å². The van der Waals surface area contributed by atoms with Crippen LogP contribution >= 0.6 is 22.6 Å². The summed E-state index contributed by atoms with van der Waals surface area (Å²) >= 11 is 2.26. The maximum Gasteiger partial charge on any atom is 0.329 e. The van der Waals surface area contributed by atoms with Crippen LogP contribution in [0.15, 0.2) is 89.9 Å². The lowest BCUT2D eigenvalue weighted by atomic mass is 9.91. The lowest BCUT2D eigenvalue weighted by molar-refractivity contribution is 0.201. The Morgan fingerprint density at radius 1 is 0.974 bits per heavy atom. The van der Waals surface area contributed by atoms with Gasteiger partial charge in [-0.25, -0.2) is 14.3 Å². The molecule has 0 radical (unpaired) electrons. The van der Waals surface area contributed by atoms with E-state index in [1.54, 1.807) is 30.5 Å². The van der Waals surface area contributed by atoms with E-state index in [4.69, 9.17) is 9.84 Å². The average molecular weight is 622 g/mol. The van der Waals surface area contributed by atoms with E-state index in [-0.39, 0.29) is 19.1 Å². The van der Waals surface area contributed by atoms with Gasteiger partial charge in [0.2, 0.25) is 5.88 Å². The number of aromatic nitrogens is 4. The fourth-order valence-electron chi connectivity index (χ4n) is 4.60. The quantitative estimate of drug-likeness (QED) is 0.174. The Bertz CT molecular complexity index is 1570. The molecule has 2 aromatic heterocycles. The molecule has 3 aromatic carbocycles. The van der Waals surface area contributed by atoms with Gasteiger partial charge in [-0.05, 0) is 77.0 Å². The highest BCUT2D eigenvalue weighted by atomic mass is 127. The third kappa shape index (κ3) is 5.11. The summed E-state index contributed by atoms with van der Waals surface area (Å²) in [6.07, 6.45) is 2.16. The third-order valence-corrected chi connectivity index (χ3v) is 7.22. The number of hydrogen-bond acceptors (Lipinski definition) is 5. The van der Waals surface area contributed by atoms with Crippen molar-refractivity contribution >= 4 is 22.6 Å². The molecule has 0 amide bonds. The Labute approximate surface area is 233 Å². The van der Waals surface area contributed by atoms with Crippen molar-refractivity contribution in [1.29, 1.82) is 0 Å². The first-order valence-electron chi connectivity index (χ1n) is 12.1. The van der Waals surface area contributed by atoms with Crippen LogP contribution in [-0.4, -0.2) is 42.9 Å². The van der Waals surface area contributed by atoms with Gasteiger partial charge in [-0.1, -0.05) is 42.5 Å². The molecule has 0 spiro atoms. The third-order valence-electron chi connectivity index (χ3n) is 6.50. The number of aromatic hydroxyl groups is 1. The summed E-state index contributed by atoms with van der Waals surface area (Å²) in [5, 5.41) is 20.4.